The lowest BCUT2D eigenvalue weighted by Crippen LogP contribution is -2.17. The molecule has 2 atom stereocenters. The lowest BCUT2D eigenvalue weighted by Gasteiger charge is -2.19. The summed E-state index contributed by atoms with van der Waals surface area (Å²) < 4.78 is 10.6. The number of hydrogen-bond donors (Lipinski definition) is 1. The molecule has 0 spiro atoms. The molecule has 1 N–H and O–H groups in total. The summed E-state index contributed by atoms with van der Waals surface area (Å²) in [5.41, 5.74) is 1.33. The Bertz CT molecular complexity index is 386. The van der Waals surface area contributed by atoms with Crippen molar-refractivity contribution in [3.05, 3.63) is 23.8 Å². The Labute approximate surface area is 109 Å². The Morgan fingerprint density at radius 3 is 2.67 bits per heavy atom. The van der Waals surface area contributed by atoms with E-state index < -0.39 is 0 Å². The number of methoxy groups -OCH3 is 2. The maximum absolute atomic E-state index is 5.35. The van der Waals surface area contributed by atoms with Crippen molar-refractivity contribution in [1.82, 2.24) is 5.32 Å². The summed E-state index contributed by atoms with van der Waals surface area (Å²) in [5.74, 6) is 3.14. The van der Waals surface area contributed by atoms with Crippen LogP contribution in [0.1, 0.15) is 18.9 Å². The summed E-state index contributed by atoms with van der Waals surface area (Å²) in [6.07, 6.45) is 2.40. The molecule has 1 saturated heterocycles. The first-order valence-corrected chi connectivity index (χ1v) is 6.66. The zero-order chi connectivity index (χ0) is 13.0. The summed E-state index contributed by atoms with van der Waals surface area (Å²) in [4.78, 5) is 0. The van der Waals surface area contributed by atoms with Crippen LogP contribution in [0.25, 0.3) is 0 Å². The first-order valence-electron chi connectivity index (χ1n) is 6.66. The molecule has 0 radical (unpaired) electrons. The second kappa shape index (κ2) is 6.10. The fourth-order valence-electron chi connectivity index (χ4n) is 2.71. The van der Waals surface area contributed by atoms with Gasteiger partial charge >= 0.3 is 0 Å². The molecule has 1 aliphatic rings. The molecule has 0 aromatic heterocycles. The van der Waals surface area contributed by atoms with Crippen LogP contribution in [0.5, 0.6) is 11.5 Å². The monoisotopic (exact) mass is 249 g/mol. The van der Waals surface area contributed by atoms with Crippen LogP contribution in [0.15, 0.2) is 18.2 Å². The zero-order valence-electron chi connectivity index (χ0n) is 11.5. The lowest BCUT2D eigenvalue weighted by atomic mass is 9.88. The second-order valence-electron chi connectivity index (χ2n) is 5.12. The van der Waals surface area contributed by atoms with Gasteiger partial charge in [0.05, 0.1) is 14.2 Å². The average molecular weight is 249 g/mol. The van der Waals surface area contributed by atoms with Crippen molar-refractivity contribution in [2.45, 2.75) is 19.8 Å². The third-order valence-corrected chi connectivity index (χ3v) is 3.91. The molecule has 18 heavy (non-hydrogen) atoms. The minimum absolute atomic E-state index is 0.707. The molecule has 1 aliphatic heterocycles. The predicted molar refractivity (Wildman–Crippen MR) is 73.4 cm³/mol. The predicted octanol–water partition coefficient (Wildman–Crippen LogP) is 2.49. The Hall–Kier alpha value is -1.22. The van der Waals surface area contributed by atoms with Crippen molar-refractivity contribution >= 4 is 0 Å². The Balaban J connectivity index is 2.04. The van der Waals surface area contributed by atoms with E-state index in [4.69, 9.17) is 9.47 Å². The first-order chi connectivity index (χ1) is 8.74. The van der Waals surface area contributed by atoms with Crippen molar-refractivity contribution in [2.75, 3.05) is 27.3 Å². The van der Waals surface area contributed by atoms with Crippen LogP contribution < -0.4 is 14.8 Å². The number of hydrogen-bond acceptors (Lipinski definition) is 3. The van der Waals surface area contributed by atoms with Crippen molar-refractivity contribution in [3.8, 4) is 11.5 Å². The fourth-order valence-corrected chi connectivity index (χ4v) is 2.71. The quantitative estimate of drug-likeness (QED) is 0.869. The Morgan fingerprint density at radius 2 is 2.06 bits per heavy atom. The molecular formula is C15H23NO2. The van der Waals surface area contributed by atoms with E-state index in [2.05, 4.69) is 24.4 Å². The fraction of sp³-hybridized carbons (Fsp3) is 0.600. The lowest BCUT2D eigenvalue weighted by molar-refractivity contribution is 0.352. The van der Waals surface area contributed by atoms with Gasteiger partial charge in [-0.15, -0.1) is 0 Å². The van der Waals surface area contributed by atoms with E-state index in [9.17, 15) is 0 Å². The topological polar surface area (TPSA) is 30.5 Å². The molecule has 1 heterocycles. The van der Waals surface area contributed by atoms with Gasteiger partial charge < -0.3 is 14.8 Å². The van der Waals surface area contributed by atoms with Crippen LogP contribution in [-0.4, -0.2) is 27.3 Å². The van der Waals surface area contributed by atoms with Crippen LogP contribution in [0.3, 0.4) is 0 Å². The summed E-state index contributed by atoms with van der Waals surface area (Å²) in [5, 5.41) is 3.44. The van der Waals surface area contributed by atoms with Crippen molar-refractivity contribution in [2.24, 2.45) is 11.8 Å². The Morgan fingerprint density at radius 1 is 1.28 bits per heavy atom. The smallest absolute Gasteiger partial charge is 0.160 e. The number of nitrogens with one attached hydrogen (secondary N) is 1. The third kappa shape index (κ3) is 2.96. The SMILES string of the molecule is COc1ccc(CC(C)C2CCNC2)cc1OC. The van der Waals surface area contributed by atoms with Gasteiger partial charge in [0.25, 0.3) is 0 Å². The molecule has 0 bridgehead atoms. The first kappa shape index (κ1) is 13.2. The highest BCUT2D eigenvalue weighted by Gasteiger charge is 2.21. The van der Waals surface area contributed by atoms with Crippen LogP contribution in [0, 0.1) is 11.8 Å². The van der Waals surface area contributed by atoms with E-state index in [0.717, 1.165) is 30.4 Å². The van der Waals surface area contributed by atoms with Gasteiger partial charge in [-0.3, -0.25) is 0 Å². The van der Waals surface area contributed by atoms with E-state index in [1.807, 2.05) is 6.07 Å². The van der Waals surface area contributed by atoms with E-state index in [0.29, 0.717) is 5.92 Å². The van der Waals surface area contributed by atoms with Gasteiger partial charge in [0.2, 0.25) is 0 Å². The van der Waals surface area contributed by atoms with Gasteiger partial charge in [0, 0.05) is 0 Å². The normalized spacial score (nSPS) is 20.7. The van der Waals surface area contributed by atoms with E-state index >= 15 is 0 Å². The van der Waals surface area contributed by atoms with Crippen molar-refractivity contribution in [1.29, 1.82) is 0 Å². The van der Waals surface area contributed by atoms with Gasteiger partial charge in [0.15, 0.2) is 11.5 Å². The molecule has 1 fully saturated rings. The maximum atomic E-state index is 5.35. The molecule has 2 rings (SSSR count). The molecule has 3 heteroatoms. The summed E-state index contributed by atoms with van der Waals surface area (Å²) in [7, 11) is 3.36. The molecule has 1 aromatic rings. The standard InChI is InChI=1S/C15H23NO2/c1-11(13-6-7-16-10-13)8-12-4-5-14(17-2)15(9-12)18-3/h4-5,9,11,13,16H,6-8,10H2,1-3H3. The van der Waals surface area contributed by atoms with Gasteiger partial charge in [-0.2, -0.15) is 0 Å². The summed E-state index contributed by atoms with van der Waals surface area (Å²) >= 11 is 0. The van der Waals surface area contributed by atoms with Crippen LogP contribution in [0.4, 0.5) is 0 Å². The molecule has 0 aliphatic carbocycles. The van der Waals surface area contributed by atoms with E-state index in [-0.39, 0.29) is 0 Å². The van der Waals surface area contributed by atoms with E-state index in [1.54, 1.807) is 14.2 Å². The highest BCUT2D eigenvalue weighted by atomic mass is 16.5. The highest BCUT2D eigenvalue weighted by molar-refractivity contribution is 5.43. The number of ether oxygens (including phenoxy) is 2. The minimum Gasteiger partial charge on any atom is -0.493 e. The molecule has 2 unspecified atom stereocenters. The summed E-state index contributed by atoms with van der Waals surface area (Å²) in [6.45, 7) is 4.67. The maximum Gasteiger partial charge on any atom is 0.160 e. The third-order valence-electron chi connectivity index (χ3n) is 3.91. The number of rotatable bonds is 5. The number of benzene rings is 1. The van der Waals surface area contributed by atoms with Crippen molar-refractivity contribution in [3.63, 3.8) is 0 Å². The average Bonchev–Trinajstić information content (AvgIpc) is 2.92. The largest absolute Gasteiger partial charge is 0.493 e. The molecular weight excluding hydrogens is 226 g/mol. The minimum atomic E-state index is 0.707. The van der Waals surface area contributed by atoms with Gasteiger partial charge in [-0.25, -0.2) is 0 Å². The van der Waals surface area contributed by atoms with Gasteiger partial charge in [0.1, 0.15) is 0 Å². The second-order valence-corrected chi connectivity index (χ2v) is 5.12. The van der Waals surface area contributed by atoms with Crippen LogP contribution in [-0.2, 0) is 6.42 Å². The van der Waals surface area contributed by atoms with E-state index in [1.165, 1.54) is 18.5 Å². The highest BCUT2D eigenvalue weighted by Crippen LogP contribution is 2.30. The Kier molecular flexibility index (Phi) is 4.48. The van der Waals surface area contributed by atoms with Gasteiger partial charge in [-0.1, -0.05) is 13.0 Å². The molecule has 1 aromatic carbocycles. The summed E-state index contributed by atoms with van der Waals surface area (Å²) in [6, 6.07) is 6.23. The zero-order valence-corrected chi connectivity index (χ0v) is 11.5. The molecule has 100 valence electrons. The molecule has 0 saturated carbocycles. The van der Waals surface area contributed by atoms with Crippen molar-refractivity contribution < 1.29 is 9.47 Å². The van der Waals surface area contributed by atoms with Crippen LogP contribution in [0.2, 0.25) is 0 Å². The molecule has 3 nitrogen and oxygen atoms in total. The van der Waals surface area contributed by atoms with Crippen LogP contribution >= 0.6 is 0 Å². The molecule has 0 amide bonds. The van der Waals surface area contributed by atoms with Gasteiger partial charge in [-0.05, 0) is 55.5 Å².